The highest BCUT2D eigenvalue weighted by molar-refractivity contribution is 5.92. The average Bonchev–Trinajstić information content (AvgIpc) is 2.99. The van der Waals surface area contributed by atoms with Crippen LogP contribution in [-0.2, 0) is 6.54 Å². The molecule has 0 aliphatic carbocycles. The number of nitrogens with two attached hydrogens (primary N) is 2. The largest absolute Gasteiger partial charge is 0.366 e. The summed E-state index contributed by atoms with van der Waals surface area (Å²) in [6.07, 6.45) is 0. The molecule has 0 aliphatic rings. The Kier molecular flexibility index (Phi) is 3.91. The van der Waals surface area contributed by atoms with Gasteiger partial charge in [0.2, 0.25) is 5.91 Å². The molecule has 0 fully saturated rings. The molecule has 4 N–H and O–H groups in total. The van der Waals surface area contributed by atoms with E-state index in [4.69, 9.17) is 11.5 Å². The topological polar surface area (TPSA) is 99.8 Å². The highest BCUT2D eigenvalue weighted by Gasteiger charge is 2.15. The van der Waals surface area contributed by atoms with Crippen LogP contribution in [0.5, 0.6) is 0 Å². The first kappa shape index (κ1) is 14.9. The zero-order chi connectivity index (χ0) is 16.4. The van der Waals surface area contributed by atoms with E-state index in [1.54, 1.807) is 28.9 Å². The molecule has 23 heavy (non-hydrogen) atoms. The summed E-state index contributed by atoms with van der Waals surface area (Å²) < 4.78 is 1.72. The molecule has 0 spiro atoms. The number of nitrogens with zero attached hydrogens (tertiary/aromatic N) is 3. The maximum atomic E-state index is 11.2. The van der Waals surface area contributed by atoms with Crippen LogP contribution < -0.4 is 11.5 Å². The van der Waals surface area contributed by atoms with Crippen LogP contribution in [0.2, 0.25) is 0 Å². The van der Waals surface area contributed by atoms with Crippen LogP contribution in [0.25, 0.3) is 16.9 Å². The summed E-state index contributed by atoms with van der Waals surface area (Å²) in [5.41, 5.74) is 16.0. The molecule has 0 radical (unpaired) electrons. The third-order valence-corrected chi connectivity index (χ3v) is 3.65. The predicted octanol–water partition coefficient (Wildman–Crippen LogP) is 1.80. The summed E-state index contributed by atoms with van der Waals surface area (Å²) in [6.45, 7) is 2.33. The smallest absolute Gasteiger partial charge is 0.248 e. The molecule has 0 aliphatic heterocycles. The van der Waals surface area contributed by atoms with Gasteiger partial charge in [-0.25, -0.2) is 4.68 Å². The first-order valence-corrected chi connectivity index (χ1v) is 7.22. The maximum absolute atomic E-state index is 11.2. The molecule has 6 nitrogen and oxygen atoms in total. The van der Waals surface area contributed by atoms with Gasteiger partial charge in [0.1, 0.15) is 5.69 Å². The number of primary amides is 1. The molecule has 1 aromatic heterocycles. The van der Waals surface area contributed by atoms with Crippen molar-refractivity contribution < 1.29 is 4.79 Å². The van der Waals surface area contributed by atoms with E-state index in [-0.39, 0.29) is 0 Å². The number of rotatable bonds is 4. The van der Waals surface area contributed by atoms with Gasteiger partial charge in [-0.1, -0.05) is 35.0 Å². The number of carbonyl (C=O) groups excluding carboxylic acids is 1. The minimum absolute atomic E-state index is 0.294. The van der Waals surface area contributed by atoms with Gasteiger partial charge in [-0.2, -0.15) is 0 Å². The molecule has 116 valence electrons. The fraction of sp³-hybridized carbons (Fsp3) is 0.118. The van der Waals surface area contributed by atoms with Crippen molar-refractivity contribution in [2.45, 2.75) is 13.5 Å². The van der Waals surface area contributed by atoms with E-state index in [1.165, 1.54) is 5.56 Å². The van der Waals surface area contributed by atoms with Crippen molar-refractivity contribution in [2.24, 2.45) is 11.5 Å². The van der Waals surface area contributed by atoms with Gasteiger partial charge in [-0.05, 0) is 31.2 Å². The summed E-state index contributed by atoms with van der Waals surface area (Å²) in [7, 11) is 0. The standard InChI is InChI=1S/C17H17N5O/c1-11-2-4-12(5-3-11)16-15(10-18)20-21-22(16)14-8-6-13(7-9-14)17(19)23/h2-9H,10,18H2,1H3,(H2,19,23). The van der Waals surface area contributed by atoms with Crippen molar-refractivity contribution in [2.75, 3.05) is 0 Å². The third-order valence-electron chi connectivity index (χ3n) is 3.65. The van der Waals surface area contributed by atoms with E-state index in [0.717, 1.165) is 16.9 Å². The summed E-state index contributed by atoms with van der Waals surface area (Å²) >= 11 is 0. The molecular weight excluding hydrogens is 290 g/mol. The third kappa shape index (κ3) is 2.84. The highest BCUT2D eigenvalue weighted by atomic mass is 16.1. The average molecular weight is 307 g/mol. The molecule has 3 rings (SSSR count). The molecule has 6 heteroatoms. The van der Waals surface area contributed by atoms with E-state index in [1.807, 2.05) is 31.2 Å². The number of aromatic nitrogens is 3. The van der Waals surface area contributed by atoms with E-state index >= 15 is 0 Å². The summed E-state index contributed by atoms with van der Waals surface area (Å²) in [5, 5.41) is 8.36. The molecule has 0 atom stereocenters. The first-order valence-electron chi connectivity index (χ1n) is 7.22. The SMILES string of the molecule is Cc1ccc(-c2c(CN)nnn2-c2ccc(C(N)=O)cc2)cc1. The van der Waals surface area contributed by atoms with Crippen LogP contribution in [0.4, 0.5) is 0 Å². The van der Waals surface area contributed by atoms with Crippen molar-refractivity contribution in [3.63, 3.8) is 0 Å². The summed E-state index contributed by atoms with van der Waals surface area (Å²) in [4.78, 5) is 11.2. The summed E-state index contributed by atoms with van der Waals surface area (Å²) in [5.74, 6) is -0.462. The lowest BCUT2D eigenvalue weighted by atomic mass is 10.1. The first-order chi connectivity index (χ1) is 11.1. The van der Waals surface area contributed by atoms with Crippen molar-refractivity contribution >= 4 is 5.91 Å². The molecule has 1 amide bonds. The van der Waals surface area contributed by atoms with E-state index in [2.05, 4.69) is 10.3 Å². The molecule has 1 heterocycles. The van der Waals surface area contributed by atoms with Crippen LogP contribution >= 0.6 is 0 Å². The predicted molar refractivity (Wildman–Crippen MR) is 87.9 cm³/mol. The van der Waals surface area contributed by atoms with Gasteiger partial charge >= 0.3 is 0 Å². The number of amides is 1. The highest BCUT2D eigenvalue weighted by Crippen LogP contribution is 2.25. The Hall–Kier alpha value is -2.99. The lowest BCUT2D eigenvalue weighted by Crippen LogP contribution is -2.11. The van der Waals surface area contributed by atoms with Crippen LogP contribution in [0, 0.1) is 6.92 Å². The quantitative estimate of drug-likeness (QED) is 0.767. The Morgan fingerprint density at radius 3 is 2.30 bits per heavy atom. The number of hydrogen-bond donors (Lipinski definition) is 2. The molecule has 2 aromatic carbocycles. The second-order valence-corrected chi connectivity index (χ2v) is 5.28. The molecule has 0 bridgehead atoms. The monoisotopic (exact) mass is 307 g/mol. The van der Waals surface area contributed by atoms with Crippen molar-refractivity contribution in [3.8, 4) is 16.9 Å². The Morgan fingerprint density at radius 1 is 1.09 bits per heavy atom. The van der Waals surface area contributed by atoms with Crippen molar-refractivity contribution in [3.05, 3.63) is 65.4 Å². The molecular formula is C17H17N5O. The number of hydrogen-bond acceptors (Lipinski definition) is 4. The maximum Gasteiger partial charge on any atom is 0.248 e. The Balaban J connectivity index is 2.11. The van der Waals surface area contributed by atoms with Crippen molar-refractivity contribution in [1.29, 1.82) is 0 Å². The molecule has 0 saturated carbocycles. The van der Waals surface area contributed by atoms with Gasteiger partial charge in [-0.3, -0.25) is 4.79 Å². The fourth-order valence-electron chi connectivity index (χ4n) is 2.40. The minimum atomic E-state index is -0.462. The number of aryl methyl sites for hydroxylation is 1. The summed E-state index contributed by atoms with van der Waals surface area (Å²) in [6, 6.07) is 15.0. The van der Waals surface area contributed by atoms with E-state index in [9.17, 15) is 4.79 Å². The van der Waals surface area contributed by atoms with E-state index in [0.29, 0.717) is 17.8 Å². The second-order valence-electron chi connectivity index (χ2n) is 5.28. The zero-order valence-corrected chi connectivity index (χ0v) is 12.7. The zero-order valence-electron chi connectivity index (χ0n) is 12.7. The number of benzene rings is 2. The van der Waals surface area contributed by atoms with Gasteiger partial charge in [0, 0.05) is 17.7 Å². The Morgan fingerprint density at radius 2 is 1.74 bits per heavy atom. The van der Waals surface area contributed by atoms with Gasteiger partial charge in [0.25, 0.3) is 0 Å². The van der Waals surface area contributed by atoms with Gasteiger partial charge in [-0.15, -0.1) is 5.10 Å². The Labute approximate surface area is 133 Å². The van der Waals surface area contributed by atoms with Crippen LogP contribution in [0.15, 0.2) is 48.5 Å². The van der Waals surface area contributed by atoms with Gasteiger partial charge < -0.3 is 11.5 Å². The van der Waals surface area contributed by atoms with Crippen molar-refractivity contribution in [1.82, 2.24) is 15.0 Å². The van der Waals surface area contributed by atoms with Gasteiger partial charge in [0.05, 0.1) is 11.4 Å². The van der Waals surface area contributed by atoms with Crippen LogP contribution in [-0.4, -0.2) is 20.9 Å². The molecule has 0 saturated heterocycles. The second kappa shape index (κ2) is 6.02. The fourth-order valence-corrected chi connectivity index (χ4v) is 2.40. The lowest BCUT2D eigenvalue weighted by molar-refractivity contribution is 0.100. The lowest BCUT2D eigenvalue weighted by Gasteiger charge is -2.09. The van der Waals surface area contributed by atoms with E-state index < -0.39 is 5.91 Å². The van der Waals surface area contributed by atoms with Gasteiger partial charge in [0.15, 0.2) is 0 Å². The Bertz CT molecular complexity index is 834. The van der Waals surface area contributed by atoms with Crippen LogP contribution in [0.3, 0.4) is 0 Å². The normalized spacial score (nSPS) is 10.7. The van der Waals surface area contributed by atoms with Crippen LogP contribution in [0.1, 0.15) is 21.6 Å². The molecule has 3 aromatic rings. The minimum Gasteiger partial charge on any atom is -0.366 e. The number of carbonyl (C=O) groups is 1. The molecule has 0 unspecified atom stereocenters.